The van der Waals surface area contributed by atoms with E-state index in [0.717, 1.165) is 6.08 Å². The molecule has 3 heteroatoms. The molecule has 0 saturated heterocycles. The van der Waals surface area contributed by atoms with E-state index in [1.165, 1.54) is 4.90 Å². The van der Waals surface area contributed by atoms with Crippen LogP contribution in [-0.4, -0.2) is 35.1 Å². The minimum Gasteiger partial charge on any atom is -0.350 e. The van der Waals surface area contributed by atoms with E-state index in [1.807, 2.05) is 0 Å². The SMILES string of the molecule is C=CC(O)(O)N(C)C. The van der Waals surface area contributed by atoms with Gasteiger partial charge in [0.05, 0.1) is 0 Å². The second-order valence-electron chi connectivity index (χ2n) is 1.79. The maximum atomic E-state index is 8.76. The van der Waals surface area contributed by atoms with Crippen molar-refractivity contribution in [2.24, 2.45) is 0 Å². The third-order valence-corrected chi connectivity index (χ3v) is 0.932. The maximum Gasteiger partial charge on any atom is 0.245 e. The van der Waals surface area contributed by atoms with Crippen LogP contribution in [0.15, 0.2) is 12.7 Å². The Bertz CT molecular complexity index is 88.4. The van der Waals surface area contributed by atoms with Crippen molar-refractivity contribution >= 4 is 0 Å². The lowest BCUT2D eigenvalue weighted by molar-refractivity contribution is -0.209. The quantitative estimate of drug-likeness (QED) is 0.374. The number of aliphatic hydroxyl groups is 2. The fourth-order valence-electron chi connectivity index (χ4n) is 0.183. The zero-order chi connectivity index (χ0) is 6.78. The highest BCUT2D eigenvalue weighted by atomic mass is 16.5. The molecule has 0 atom stereocenters. The van der Waals surface area contributed by atoms with Gasteiger partial charge in [-0.2, -0.15) is 0 Å². The Balaban J connectivity index is 3.90. The molecule has 0 aliphatic carbocycles. The molecule has 0 heterocycles. The van der Waals surface area contributed by atoms with Gasteiger partial charge in [-0.15, -0.1) is 0 Å². The monoisotopic (exact) mass is 117 g/mol. The zero-order valence-corrected chi connectivity index (χ0v) is 5.13. The molecule has 0 unspecified atom stereocenters. The molecule has 0 rings (SSSR count). The van der Waals surface area contributed by atoms with Crippen LogP contribution in [0.4, 0.5) is 0 Å². The lowest BCUT2D eigenvalue weighted by Gasteiger charge is -2.24. The van der Waals surface area contributed by atoms with Crippen LogP contribution in [0.25, 0.3) is 0 Å². The van der Waals surface area contributed by atoms with E-state index >= 15 is 0 Å². The molecule has 0 bridgehead atoms. The van der Waals surface area contributed by atoms with Crippen LogP contribution >= 0.6 is 0 Å². The van der Waals surface area contributed by atoms with E-state index in [-0.39, 0.29) is 0 Å². The standard InChI is InChI=1S/C5H11NO2/c1-4-5(7,8)6(2)3/h4,7-8H,1H2,2-3H3. The van der Waals surface area contributed by atoms with Gasteiger partial charge in [-0.05, 0) is 20.2 Å². The van der Waals surface area contributed by atoms with Crippen molar-refractivity contribution in [1.82, 2.24) is 4.90 Å². The summed E-state index contributed by atoms with van der Waals surface area (Å²) < 4.78 is 0. The third-order valence-electron chi connectivity index (χ3n) is 0.932. The number of hydrogen-bond acceptors (Lipinski definition) is 3. The van der Waals surface area contributed by atoms with Crippen molar-refractivity contribution in [3.8, 4) is 0 Å². The summed E-state index contributed by atoms with van der Waals surface area (Å²) in [7, 11) is 3.09. The largest absolute Gasteiger partial charge is 0.350 e. The van der Waals surface area contributed by atoms with E-state index in [0.29, 0.717) is 0 Å². The highest BCUT2D eigenvalue weighted by Gasteiger charge is 2.19. The molecular weight excluding hydrogens is 106 g/mol. The second-order valence-corrected chi connectivity index (χ2v) is 1.79. The van der Waals surface area contributed by atoms with Crippen molar-refractivity contribution in [3.05, 3.63) is 12.7 Å². The Kier molecular flexibility index (Phi) is 2.15. The fraction of sp³-hybridized carbons (Fsp3) is 0.600. The molecular formula is C5H11NO2. The molecule has 0 aliphatic rings. The van der Waals surface area contributed by atoms with E-state index in [2.05, 4.69) is 6.58 Å². The smallest absolute Gasteiger partial charge is 0.245 e. The first-order valence-electron chi connectivity index (χ1n) is 2.26. The summed E-state index contributed by atoms with van der Waals surface area (Å²) in [6, 6.07) is 0. The van der Waals surface area contributed by atoms with E-state index in [4.69, 9.17) is 10.2 Å². The van der Waals surface area contributed by atoms with Crippen LogP contribution < -0.4 is 0 Å². The fourth-order valence-corrected chi connectivity index (χ4v) is 0.183. The molecule has 8 heavy (non-hydrogen) atoms. The lowest BCUT2D eigenvalue weighted by atomic mass is 10.4. The van der Waals surface area contributed by atoms with E-state index in [1.54, 1.807) is 14.1 Å². The van der Waals surface area contributed by atoms with Crippen LogP contribution in [0.5, 0.6) is 0 Å². The molecule has 0 fully saturated rings. The maximum absolute atomic E-state index is 8.76. The van der Waals surface area contributed by atoms with Crippen molar-refractivity contribution in [3.63, 3.8) is 0 Å². The Morgan fingerprint density at radius 2 is 1.88 bits per heavy atom. The van der Waals surface area contributed by atoms with Crippen molar-refractivity contribution in [2.45, 2.75) is 5.91 Å². The van der Waals surface area contributed by atoms with Gasteiger partial charge in [-0.25, -0.2) is 0 Å². The van der Waals surface area contributed by atoms with Crippen molar-refractivity contribution in [1.29, 1.82) is 0 Å². The molecule has 0 spiro atoms. The van der Waals surface area contributed by atoms with Crippen LogP contribution in [-0.2, 0) is 0 Å². The first-order valence-corrected chi connectivity index (χ1v) is 2.26. The van der Waals surface area contributed by atoms with Gasteiger partial charge in [0.25, 0.3) is 0 Å². The second kappa shape index (κ2) is 2.26. The van der Waals surface area contributed by atoms with Crippen LogP contribution in [0, 0.1) is 0 Å². The minimum absolute atomic E-state index is 1.05. The molecule has 2 N–H and O–H groups in total. The molecule has 0 aromatic heterocycles. The van der Waals surface area contributed by atoms with Crippen LogP contribution in [0.2, 0.25) is 0 Å². The van der Waals surface area contributed by atoms with Gasteiger partial charge in [0, 0.05) is 0 Å². The predicted molar refractivity (Wildman–Crippen MR) is 31.1 cm³/mol. The zero-order valence-electron chi connectivity index (χ0n) is 5.13. The topological polar surface area (TPSA) is 43.7 Å². The summed E-state index contributed by atoms with van der Waals surface area (Å²) in [5.41, 5.74) is 0. The molecule has 0 aromatic carbocycles. The van der Waals surface area contributed by atoms with Crippen molar-refractivity contribution in [2.75, 3.05) is 14.1 Å². The number of rotatable bonds is 2. The molecule has 3 nitrogen and oxygen atoms in total. The van der Waals surface area contributed by atoms with Gasteiger partial charge in [-0.3, -0.25) is 4.90 Å². The number of nitrogens with zero attached hydrogens (tertiary/aromatic N) is 1. The molecule has 0 aliphatic heterocycles. The van der Waals surface area contributed by atoms with Crippen LogP contribution in [0.1, 0.15) is 0 Å². The first kappa shape index (κ1) is 7.62. The van der Waals surface area contributed by atoms with Gasteiger partial charge in [0.2, 0.25) is 5.91 Å². The highest BCUT2D eigenvalue weighted by molar-refractivity contribution is 4.82. The van der Waals surface area contributed by atoms with Crippen molar-refractivity contribution < 1.29 is 10.2 Å². The molecule has 0 radical (unpaired) electrons. The molecule has 48 valence electrons. The summed E-state index contributed by atoms with van der Waals surface area (Å²) in [4.78, 5) is 1.24. The Hall–Kier alpha value is -0.380. The average Bonchev–Trinajstić information content (AvgIpc) is 1.67. The Labute approximate surface area is 48.9 Å². The normalized spacial score (nSPS) is 12.1. The summed E-state index contributed by atoms with van der Waals surface area (Å²) in [6.07, 6.45) is 1.05. The average molecular weight is 117 g/mol. The third kappa shape index (κ3) is 1.61. The highest BCUT2D eigenvalue weighted by Crippen LogP contribution is 2.01. The molecule has 0 saturated carbocycles. The molecule has 0 amide bonds. The van der Waals surface area contributed by atoms with Gasteiger partial charge >= 0.3 is 0 Å². The van der Waals surface area contributed by atoms with Gasteiger partial charge in [0.15, 0.2) is 0 Å². The summed E-state index contributed by atoms with van der Waals surface area (Å²) in [5, 5.41) is 17.5. The predicted octanol–water partition coefficient (Wildman–Crippen LogP) is -0.628. The first-order chi connectivity index (χ1) is 3.50. The Morgan fingerprint density at radius 1 is 1.50 bits per heavy atom. The van der Waals surface area contributed by atoms with E-state index < -0.39 is 5.91 Å². The van der Waals surface area contributed by atoms with E-state index in [9.17, 15) is 0 Å². The van der Waals surface area contributed by atoms with Crippen LogP contribution in [0.3, 0.4) is 0 Å². The lowest BCUT2D eigenvalue weighted by Crippen LogP contribution is -2.41. The molecule has 0 aromatic rings. The minimum atomic E-state index is -1.86. The number of hydrogen-bond donors (Lipinski definition) is 2. The van der Waals surface area contributed by atoms with Gasteiger partial charge in [0.1, 0.15) is 0 Å². The number of likely N-dealkylation sites (N-methyl/N-ethyl adjacent to an activating group) is 1. The summed E-state index contributed by atoms with van der Waals surface area (Å²) >= 11 is 0. The Morgan fingerprint density at radius 3 is 1.88 bits per heavy atom. The summed E-state index contributed by atoms with van der Waals surface area (Å²) in [6.45, 7) is 3.21. The van der Waals surface area contributed by atoms with Gasteiger partial charge < -0.3 is 10.2 Å². The van der Waals surface area contributed by atoms with Gasteiger partial charge in [-0.1, -0.05) is 6.58 Å². The summed E-state index contributed by atoms with van der Waals surface area (Å²) in [5.74, 6) is -1.86.